The van der Waals surface area contributed by atoms with E-state index < -0.39 is 18.2 Å². The Bertz CT molecular complexity index is 714. The fourth-order valence-corrected chi connectivity index (χ4v) is 2.06. The van der Waals surface area contributed by atoms with Crippen LogP contribution in [-0.2, 0) is 9.47 Å². The maximum absolute atomic E-state index is 12.2. The predicted octanol–water partition coefficient (Wildman–Crippen LogP) is 0.580. The molecule has 2 aromatic rings. The van der Waals surface area contributed by atoms with Gasteiger partial charge in [-0.3, -0.25) is 9.36 Å². The number of aromatic nitrogens is 2. The van der Waals surface area contributed by atoms with Crippen molar-refractivity contribution in [2.75, 3.05) is 12.3 Å². The number of ether oxygens (including phenoxy) is 2. The molecule has 1 fully saturated rings. The second-order valence-corrected chi connectivity index (χ2v) is 4.53. The number of carbonyl (C=O) groups is 1. The van der Waals surface area contributed by atoms with E-state index in [-0.39, 0.29) is 18.2 Å². The molecule has 0 radical (unpaired) electrons. The summed E-state index contributed by atoms with van der Waals surface area (Å²) in [5.74, 6) is -0.151. The minimum atomic E-state index is -1.03. The highest BCUT2D eigenvalue weighted by molar-refractivity contribution is 5.98. The molecule has 2 atom stereocenters. The van der Waals surface area contributed by atoms with Crippen LogP contribution in [0.1, 0.15) is 16.6 Å². The Morgan fingerprint density at radius 3 is 2.76 bits per heavy atom. The molecule has 1 aromatic carbocycles. The number of carbonyl (C=O) groups excluding carboxylic acids is 1. The van der Waals surface area contributed by atoms with E-state index in [4.69, 9.17) is 15.2 Å². The van der Waals surface area contributed by atoms with E-state index in [9.17, 15) is 9.59 Å². The summed E-state index contributed by atoms with van der Waals surface area (Å²) in [6, 6.07) is 10.2. The van der Waals surface area contributed by atoms with Gasteiger partial charge in [-0.25, -0.2) is 4.79 Å². The van der Waals surface area contributed by atoms with Gasteiger partial charge in [0.05, 0.1) is 6.61 Å². The average molecular weight is 287 g/mol. The molecule has 1 saturated heterocycles. The summed E-state index contributed by atoms with van der Waals surface area (Å²) in [5.41, 5.74) is 5.37. The van der Waals surface area contributed by atoms with Crippen molar-refractivity contribution in [2.24, 2.45) is 0 Å². The molecule has 0 aliphatic carbocycles. The van der Waals surface area contributed by atoms with Crippen LogP contribution in [0.4, 0.5) is 5.82 Å². The van der Waals surface area contributed by atoms with Crippen LogP contribution in [-0.4, -0.2) is 28.2 Å². The zero-order valence-electron chi connectivity index (χ0n) is 11.0. The van der Waals surface area contributed by atoms with Gasteiger partial charge in [0.25, 0.3) is 0 Å². The third kappa shape index (κ3) is 2.69. The van der Waals surface area contributed by atoms with Crippen LogP contribution in [0.3, 0.4) is 0 Å². The summed E-state index contributed by atoms with van der Waals surface area (Å²) in [6.07, 6.45) is -0.251. The van der Waals surface area contributed by atoms with Crippen LogP contribution in [0.15, 0.2) is 47.4 Å². The number of anilines is 1. The number of benzene rings is 1. The average Bonchev–Trinajstić information content (AvgIpc) is 2.97. The van der Waals surface area contributed by atoms with Gasteiger partial charge in [0.15, 0.2) is 6.23 Å². The summed E-state index contributed by atoms with van der Waals surface area (Å²) in [5, 5.41) is 0. The molecule has 7 heteroatoms. The molecular formula is C14H13N3O4. The summed E-state index contributed by atoms with van der Waals surface area (Å²) in [6.45, 7) is 0.0920. The van der Waals surface area contributed by atoms with E-state index in [1.165, 1.54) is 16.8 Å². The summed E-state index contributed by atoms with van der Waals surface area (Å²) in [7, 11) is 0. The highest BCUT2D eigenvalue weighted by Gasteiger charge is 2.33. The van der Waals surface area contributed by atoms with Crippen molar-refractivity contribution in [1.82, 2.24) is 9.55 Å². The van der Waals surface area contributed by atoms with Gasteiger partial charge in [0, 0.05) is 11.8 Å². The van der Waals surface area contributed by atoms with Gasteiger partial charge in [-0.2, -0.15) is 4.98 Å². The van der Waals surface area contributed by atoms with E-state index in [2.05, 4.69) is 4.98 Å². The van der Waals surface area contributed by atoms with Gasteiger partial charge in [0.1, 0.15) is 5.82 Å². The van der Waals surface area contributed by atoms with Crippen LogP contribution in [0, 0.1) is 0 Å². The lowest BCUT2D eigenvalue weighted by Crippen LogP contribution is -2.29. The first-order valence-corrected chi connectivity index (χ1v) is 6.36. The first-order valence-electron chi connectivity index (χ1n) is 6.36. The number of Topliss-reactive ketones (excluding diaryl/α,β-unsaturated/α-hetero) is 1. The Kier molecular flexibility index (Phi) is 3.51. The molecule has 0 amide bonds. The Morgan fingerprint density at radius 1 is 1.29 bits per heavy atom. The molecule has 3 rings (SSSR count). The molecule has 1 aliphatic heterocycles. The van der Waals surface area contributed by atoms with Crippen molar-refractivity contribution in [3.8, 4) is 0 Å². The molecule has 21 heavy (non-hydrogen) atoms. The Hall–Kier alpha value is -2.51. The van der Waals surface area contributed by atoms with E-state index >= 15 is 0 Å². The van der Waals surface area contributed by atoms with Crippen molar-refractivity contribution in [2.45, 2.75) is 12.5 Å². The molecule has 7 nitrogen and oxygen atoms in total. The third-order valence-corrected chi connectivity index (χ3v) is 3.11. The zero-order chi connectivity index (χ0) is 14.8. The normalized spacial score (nSPS) is 21.3. The number of nitrogens with two attached hydrogens (primary N) is 1. The lowest BCUT2D eigenvalue weighted by molar-refractivity contribution is -0.0486. The third-order valence-electron chi connectivity index (χ3n) is 3.11. The molecular weight excluding hydrogens is 274 g/mol. The standard InChI is InChI=1S/C14H13N3O4/c15-10-6-7-17(14(19)16-10)11-8-20-13(21-11)12(18)9-4-2-1-3-5-9/h1-7,11,13H,8H2,(H2,15,16,19)/t11-,13+/m1/s1. The highest BCUT2D eigenvalue weighted by atomic mass is 16.7. The van der Waals surface area contributed by atoms with Crippen molar-refractivity contribution < 1.29 is 14.3 Å². The molecule has 1 aliphatic rings. The number of hydrogen-bond donors (Lipinski definition) is 1. The first-order chi connectivity index (χ1) is 10.1. The second-order valence-electron chi connectivity index (χ2n) is 4.53. The van der Waals surface area contributed by atoms with E-state index in [1.54, 1.807) is 24.3 Å². The minimum absolute atomic E-state index is 0.0920. The smallest absolute Gasteiger partial charge is 0.351 e. The van der Waals surface area contributed by atoms with Gasteiger partial charge in [0.2, 0.25) is 12.1 Å². The van der Waals surface area contributed by atoms with Crippen molar-refractivity contribution in [3.05, 3.63) is 58.6 Å². The zero-order valence-corrected chi connectivity index (χ0v) is 11.0. The SMILES string of the molecule is Nc1ccn([C@H]2CO[C@H](C(=O)c3ccccc3)O2)c(=O)n1. The van der Waals surface area contributed by atoms with Gasteiger partial charge in [-0.15, -0.1) is 0 Å². The van der Waals surface area contributed by atoms with Crippen molar-refractivity contribution >= 4 is 11.6 Å². The number of nitrogens with zero attached hydrogens (tertiary/aromatic N) is 2. The molecule has 1 aromatic heterocycles. The molecule has 0 saturated carbocycles. The lowest BCUT2D eigenvalue weighted by Gasteiger charge is -2.12. The maximum atomic E-state index is 12.2. The monoisotopic (exact) mass is 287 g/mol. The lowest BCUT2D eigenvalue weighted by atomic mass is 10.1. The van der Waals surface area contributed by atoms with E-state index in [0.29, 0.717) is 5.56 Å². The number of ketones is 1. The van der Waals surface area contributed by atoms with Crippen LogP contribution in [0.25, 0.3) is 0 Å². The summed E-state index contributed by atoms with van der Waals surface area (Å²) in [4.78, 5) is 27.5. The second kappa shape index (κ2) is 5.47. The van der Waals surface area contributed by atoms with E-state index in [1.807, 2.05) is 6.07 Å². The fourth-order valence-electron chi connectivity index (χ4n) is 2.06. The number of hydrogen-bond acceptors (Lipinski definition) is 6. The quantitative estimate of drug-likeness (QED) is 0.829. The fraction of sp³-hybridized carbons (Fsp3) is 0.214. The molecule has 0 bridgehead atoms. The maximum Gasteiger partial charge on any atom is 0.351 e. The molecule has 0 spiro atoms. The largest absolute Gasteiger partial charge is 0.383 e. The highest BCUT2D eigenvalue weighted by Crippen LogP contribution is 2.22. The molecule has 0 unspecified atom stereocenters. The van der Waals surface area contributed by atoms with Gasteiger partial charge in [-0.1, -0.05) is 30.3 Å². The van der Waals surface area contributed by atoms with Crippen molar-refractivity contribution in [1.29, 1.82) is 0 Å². The Balaban J connectivity index is 1.76. The molecule has 2 N–H and O–H groups in total. The van der Waals surface area contributed by atoms with Crippen LogP contribution < -0.4 is 11.4 Å². The topological polar surface area (TPSA) is 96.4 Å². The predicted molar refractivity (Wildman–Crippen MR) is 73.5 cm³/mol. The number of nitrogen functional groups attached to an aromatic ring is 1. The van der Waals surface area contributed by atoms with E-state index in [0.717, 1.165) is 0 Å². The van der Waals surface area contributed by atoms with Crippen LogP contribution >= 0.6 is 0 Å². The Labute approximate surface area is 119 Å². The van der Waals surface area contributed by atoms with Gasteiger partial charge < -0.3 is 15.2 Å². The van der Waals surface area contributed by atoms with Gasteiger partial charge >= 0.3 is 5.69 Å². The first kappa shape index (κ1) is 13.5. The summed E-state index contributed by atoms with van der Waals surface area (Å²) < 4.78 is 12.1. The van der Waals surface area contributed by atoms with Crippen LogP contribution in [0.5, 0.6) is 0 Å². The molecule has 2 heterocycles. The number of rotatable bonds is 3. The Morgan fingerprint density at radius 2 is 2.05 bits per heavy atom. The van der Waals surface area contributed by atoms with Crippen molar-refractivity contribution in [3.63, 3.8) is 0 Å². The summed E-state index contributed by atoms with van der Waals surface area (Å²) >= 11 is 0. The molecule has 108 valence electrons. The van der Waals surface area contributed by atoms with Crippen LogP contribution in [0.2, 0.25) is 0 Å². The van der Waals surface area contributed by atoms with Gasteiger partial charge in [-0.05, 0) is 6.07 Å². The minimum Gasteiger partial charge on any atom is -0.383 e.